The van der Waals surface area contributed by atoms with Crippen LogP contribution in [0.5, 0.6) is 0 Å². The van der Waals surface area contributed by atoms with Crippen LogP contribution in [0, 0.1) is 0 Å². The molecule has 5 nitrogen and oxygen atoms in total. The number of nitrogens with one attached hydrogen (secondary N) is 1. The summed E-state index contributed by atoms with van der Waals surface area (Å²) in [5, 5.41) is 5.78. The molecule has 1 aliphatic rings. The smallest absolute Gasteiger partial charge is 0.287 e. The summed E-state index contributed by atoms with van der Waals surface area (Å²) in [7, 11) is 0. The molecule has 1 amide bonds. The molecule has 0 aromatic rings. The largest absolute Gasteiger partial charge is 0.372 e. The van der Waals surface area contributed by atoms with E-state index in [1.807, 2.05) is 0 Å². The zero-order valence-corrected chi connectivity index (χ0v) is 4.05. The van der Waals surface area contributed by atoms with Gasteiger partial charge < -0.3 is 15.9 Å². The highest BCUT2D eigenvalue weighted by molar-refractivity contribution is 6.37. The summed E-state index contributed by atoms with van der Waals surface area (Å²) in [5.41, 5.74) is 4.79. The van der Waals surface area contributed by atoms with Crippen LogP contribution in [0.25, 0.3) is 0 Å². The fourth-order valence-electron chi connectivity index (χ4n) is 0.362. The highest BCUT2D eigenvalue weighted by Gasteiger charge is 2.10. The third kappa shape index (κ3) is 0.699. The number of nitrogens with zero attached hydrogens (tertiary/aromatic N) is 1. The minimum Gasteiger partial charge on any atom is -0.372 e. The van der Waals surface area contributed by atoms with E-state index in [-0.39, 0.29) is 12.6 Å². The number of oxime groups is 1. The van der Waals surface area contributed by atoms with Crippen LogP contribution in [0.2, 0.25) is 0 Å². The summed E-state index contributed by atoms with van der Waals surface area (Å²) < 4.78 is 0. The molecule has 0 saturated heterocycles. The van der Waals surface area contributed by atoms with Gasteiger partial charge in [-0.05, 0) is 0 Å². The van der Waals surface area contributed by atoms with E-state index in [1.54, 1.807) is 0 Å². The first-order valence-electron chi connectivity index (χ1n) is 2.04. The van der Waals surface area contributed by atoms with E-state index in [4.69, 9.17) is 5.73 Å². The molecule has 0 atom stereocenters. The lowest BCUT2D eigenvalue weighted by molar-refractivity contribution is -0.112. The van der Waals surface area contributed by atoms with Gasteiger partial charge in [0.25, 0.3) is 5.91 Å². The molecule has 3 N–H and O–H groups in total. The van der Waals surface area contributed by atoms with Crippen molar-refractivity contribution in [2.24, 2.45) is 10.9 Å². The predicted octanol–water partition coefficient (Wildman–Crippen LogP) is -1.64. The van der Waals surface area contributed by atoms with Gasteiger partial charge in [0, 0.05) is 0 Å². The lowest BCUT2D eigenvalue weighted by atomic mass is 10.6. The van der Waals surface area contributed by atoms with Crippen molar-refractivity contribution in [3.05, 3.63) is 0 Å². The Bertz CT molecular complexity index is 141. The molecule has 0 fully saturated rings. The molecule has 1 aliphatic heterocycles. The Kier molecular flexibility index (Phi) is 1.03. The standard InChI is InChI=1S/C3H5N3O2/c4-2(7)3-5-1-8-6-3/h1H2,(H2,4,7)(H,5,6). The summed E-state index contributed by atoms with van der Waals surface area (Å²) >= 11 is 0. The van der Waals surface area contributed by atoms with E-state index >= 15 is 0 Å². The van der Waals surface area contributed by atoms with E-state index in [1.165, 1.54) is 0 Å². The van der Waals surface area contributed by atoms with Gasteiger partial charge in [0.1, 0.15) is 0 Å². The molecule has 0 radical (unpaired) electrons. The molecule has 8 heavy (non-hydrogen) atoms. The maximum atomic E-state index is 10.2. The van der Waals surface area contributed by atoms with Gasteiger partial charge in [0.05, 0.1) is 0 Å². The number of hydrogen-bond acceptors (Lipinski definition) is 4. The van der Waals surface area contributed by atoms with Crippen molar-refractivity contribution in [2.75, 3.05) is 6.73 Å². The van der Waals surface area contributed by atoms with E-state index < -0.39 is 5.91 Å². The Labute approximate surface area is 45.5 Å². The molecule has 1 heterocycles. The lowest BCUT2D eigenvalue weighted by Crippen LogP contribution is -2.32. The molecule has 0 aromatic carbocycles. The fourth-order valence-corrected chi connectivity index (χ4v) is 0.362. The third-order valence-corrected chi connectivity index (χ3v) is 0.693. The van der Waals surface area contributed by atoms with Crippen molar-refractivity contribution < 1.29 is 9.63 Å². The first-order valence-corrected chi connectivity index (χ1v) is 2.04. The van der Waals surface area contributed by atoms with Crippen molar-refractivity contribution in [3.63, 3.8) is 0 Å². The quantitative estimate of drug-likeness (QED) is 0.430. The maximum absolute atomic E-state index is 10.2. The second kappa shape index (κ2) is 1.69. The number of hydrogen-bond donors (Lipinski definition) is 2. The van der Waals surface area contributed by atoms with Crippen molar-refractivity contribution in [1.82, 2.24) is 5.32 Å². The molecule has 5 heteroatoms. The fraction of sp³-hybridized carbons (Fsp3) is 0.333. The molecule has 0 aromatic heterocycles. The summed E-state index contributed by atoms with van der Waals surface area (Å²) in [4.78, 5) is 14.5. The highest BCUT2D eigenvalue weighted by atomic mass is 16.6. The van der Waals surface area contributed by atoms with Crippen LogP contribution in [0.4, 0.5) is 0 Å². The van der Waals surface area contributed by atoms with Gasteiger partial charge in [-0.15, -0.1) is 0 Å². The van der Waals surface area contributed by atoms with Gasteiger partial charge in [-0.25, -0.2) is 0 Å². The Morgan fingerprint density at radius 1 is 2.00 bits per heavy atom. The zero-order valence-electron chi connectivity index (χ0n) is 4.05. The molecule has 0 bridgehead atoms. The topological polar surface area (TPSA) is 76.7 Å². The van der Waals surface area contributed by atoms with Crippen LogP contribution in [-0.2, 0) is 9.63 Å². The van der Waals surface area contributed by atoms with E-state index in [0.29, 0.717) is 0 Å². The lowest BCUT2D eigenvalue weighted by Gasteiger charge is -1.87. The average molecular weight is 115 g/mol. The number of nitrogens with two attached hydrogens (primary N) is 1. The average Bonchev–Trinajstić information content (AvgIpc) is 2.12. The van der Waals surface area contributed by atoms with E-state index in [9.17, 15) is 4.79 Å². The highest BCUT2D eigenvalue weighted by Crippen LogP contribution is 1.83. The Morgan fingerprint density at radius 3 is 3.00 bits per heavy atom. The number of carbonyl (C=O) groups excluding carboxylic acids is 1. The normalized spacial score (nSPS) is 16.2. The molecular weight excluding hydrogens is 110 g/mol. The number of rotatable bonds is 1. The van der Waals surface area contributed by atoms with Crippen LogP contribution in [-0.4, -0.2) is 18.5 Å². The molecular formula is C3H5N3O2. The number of primary amides is 1. The van der Waals surface area contributed by atoms with Crippen molar-refractivity contribution in [1.29, 1.82) is 0 Å². The summed E-state index contributed by atoms with van der Waals surface area (Å²) in [6.45, 7) is 0.234. The molecule has 0 unspecified atom stereocenters. The first-order chi connectivity index (χ1) is 3.80. The van der Waals surface area contributed by atoms with Crippen LogP contribution in [0.1, 0.15) is 0 Å². The summed E-state index contributed by atoms with van der Waals surface area (Å²) in [5.74, 6) is -0.507. The van der Waals surface area contributed by atoms with Crippen molar-refractivity contribution in [3.8, 4) is 0 Å². The van der Waals surface area contributed by atoms with Crippen LogP contribution < -0.4 is 11.1 Å². The third-order valence-electron chi connectivity index (χ3n) is 0.693. The molecule has 0 spiro atoms. The Balaban J connectivity index is 2.57. The molecule has 1 rings (SSSR count). The van der Waals surface area contributed by atoms with Gasteiger partial charge in [0.2, 0.25) is 5.84 Å². The maximum Gasteiger partial charge on any atom is 0.287 e. The van der Waals surface area contributed by atoms with Crippen molar-refractivity contribution >= 4 is 11.7 Å². The van der Waals surface area contributed by atoms with Gasteiger partial charge in [0.15, 0.2) is 6.73 Å². The zero-order chi connectivity index (χ0) is 5.98. The van der Waals surface area contributed by atoms with E-state index in [0.717, 1.165) is 0 Å². The van der Waals surface area contributed by atoms with Crippen LogP contribution in [0.15, 0.2) is 5.16 Å². The number of amides is 1. The summed E-state index contributed by atoms with van der Waals surface area (Å²) in [6.07, 6.45) is 0. The number of carbonyl (C=O) groups is 1. The monoisotopic (exact) mass is 115 g/mol. The van der Waals surface area contributed by atoms with Gasteiger partial charge in [-0.1, -0.05) is 5.16 Å². The van der Waals surface area contributed by atoms with Gasteiger partial charge in [-0.3, -0.25) is 4.79 Å². The SMILES string of the molecule is NC(=O)C1=NOCN1. The number of amidine groups is 1. The van der Waals surface area contributed by atoms with Crippen LogP contribution in [0.3, 0.4) is 0 Å². The second-order valence-corrected chi connectivity index (χ2v) is 1.25. The second-order valence-electron chi connectivity index (χ2n) is 1.25. The molecule has 44 valence electrons. The summed E-state index contributed by atoms with van der Waals surface area (Å²) in [6, 6.07) is 0. The van der Waals surface area contributed by atoms with Gasteiger partial charge >= 0.3 is 0 Å². The Morgan fingerprint density at radius 2 is 2.75 bits per heavy atom. The Hall–Kier alpha value is -1.26. The molecule has 0 aliphatic carbocycles. The predicted molar refractivity (Wildman–Crippen MR) is 25.7 cm³/mol. The minimum absolute atomic E-state index is 0.0880. The first kappa shape index (κ1) is 4.89. The van der Waals surface area contributed by atoms with Crippen molar-refractivity contribution in [2.45, 2.75) is 0 Å². The minimum atomic E-state index is -0.595. The molecule has 0 saturated carbocycles. The van der Waals surface area contributed by atoms with E-state index in [2.05, 4.69) is 15.3 Å². The van der Waals surface area contributed by atoms with Gasteiger partial charge in [-0.2, -0.15) is 0 Å². The van der Waals surface area contributed by atoms with Crippen LogP contribution >= 0.6 is 0 Å².